The van der Waals surface area contributed by atoms with E-state index in [0.29, 0.717) is 0 Å². The second kappa shape index (κ2) is 3.88. The zero-order chi connectivity index (χ0) is 13.6. The Kier molecular flexibility index (Phi) is 2.42. The van der Waals surface area contributed by atoms with Gasteiger partial charge in [0.05, 0.1) is 5.52 Å². The van der Waals surface area contributed by atoms with Crippen LogP contribution in [0.25, 0.3) is 21.7 Å². The van der Waals surface area contributed by atoms with Crippen LogP contribution in [0.1, 0.15) is 26.5 Å². The lowest BCUT2D eigenvalue weighted by Gasteiger charge is -2.20. The molecule has 0 aliphatic rings. The molecule has 96 valence electrons. The molecule has 2 heterocycles. The summed E-state index contributed by atoms with van der Waals surface area (Å²) in [6.45, 7) is 6.22. The fourth-order valence-corrected chi connectivity index (χ4v) is 2.36. The summed E-state index contributed by atoms with van der Waals surface area (Å²) in [6, 6.07) is 5.98. The van der Waals surface area contributed by atoms with Crippen LogP contribution in [0.5, 0.6) is 0 Å². The van der Waals surface area contributed by atoms with Gasteiger partial charge in [-0.15, -0.1) is 0 Å². The maximum atomic E-state index is 11.8. The van der Waals surface area contributed by atoms with E-state index in [1.807, 2.05) is 18.2 Å². The summed E-state index contributed by atoms with van der Waals surface area (Å²) < 4.78 is 0. The molecule has 19 heavy (non-hydrogen) atoms. The van der Waals surface area contributed by atoms with E-state index < -0.39 is 0 Å². The largest absolute Gasteiger partial charge is 0.345 e. The van der Waals surface area contributed by atoms with Crippen molar-refractivity contribution in [2.45, 2.75) is 26.2 Å². The number of aromatic nitrogens is 3. The second-order valence-corrected chi connectivity index (χ2v) is 5.73. The molecular formula is C15H15N3O. The van der Waals surface area contributed by atoms with E-state index >= 15 is 0 Å². The highest BCUT2D eigenvalue weighted by Gasteiger charge is 2.19. The van der Waals surface area contributed by atoms with Crippen molar-refractivity contribution in [3.8, 4) is 0 Å². The lowest BCUT2D eigenvalue weighted by Crippen LogP contribution is -2.22. The molecule has 0 unspecified atom stereocenters. The van der Waals surface area contributed by atoms with Crippen LogP contribution in [-0.4, -0.2) is 15.0 Å². The average molecular weight is 253 g/mol. The van der Waals surface area contributed by atoms with Crippen molar-refractivity contribution < 1.29 is 0 Å². The second-order valence-electron chi connectivity index (χ2n) is 5.73. The van der Waals surface area contributed by atoms with Crippen LogP contribution in [0.15, 0.2) is 35.4 Å². The Balaban J connectivity index is 2.55. The van der Waals surface area contributed by atoms with Gasteiger partial charge in [-0.05, 0) is 11.5 Å². The van der Waals surface area contributed by atoms with Gasteiger partial charge in [-0.1, -0.05) is 32.9 Å². The van der Waals surface area contributed by atoms with Gasteiger partial charge in [0.15, 0.2) is 0 Å². The van der Waals surface area contributed by atoms with Crippen LogP contribution < -0.4 is 5.69 Å². The zero-order valence-corrected chi connectivity index (χ0v) is 11.2. The number of hydrogen-bond acceptors (Lipinski definition) is 3. The SMILES string of the molecule is CC(C)(C)c1[nH]c(=O)nc2c1ccc1ccncc12. The fourth-order valence-electron chi connectivity index (χ4n) is 2.36. The highest BCUT2D eigenvalue weighted by Crippen LogP contribution is 2.29. The number of nitrogens with zero attached hydrogens (tertiary/aromatic N) is 2. The lowest BCUT2D eigenvalue weighted by molar-refractivity contribution is 0.571. The van der Waals surface area contributed by atoms with E-state index in [1.165, 1.54) is 0 Å². The summed E-state index contributed by atoms with van der Waals surface area (Å²) in [5, 5.41) is 2.93. The summed E-state index contributed by atoms with van der Waals surface area (Å²) >= 11 is 0. The minimum Gasteiger partial charge on any atom is -0.309 e. The summed E-state index contributed by atoms with van der Waals surface area (Å²) in [5.74, 6) is 0. The van der Waals surface area contributed by atoms with Crippen molar-refractivity contribution in [2.24, 2.45) is 0 Å². The van der Waals surface area contributed by atoms with E-state index in [0.717, 1.165) is 27.4 Å². The molecule has 1 aromatic carbocycles. The molecule has 0 saturated heterocycles. The van der Waals surface area contributed by atoms with Crippen LogP contribution in [0.4, 0.5) is 0 Å². The molecule has 0 saturated carbocycles. The minimum atomic E-state index is -0.311. The van der Waals surface area contributed by atoms with Crippen molar-refractivity contribution in [1.82, 2.24) is 15.0 Å². The number of nitrogens with one attached hydrogen (secondary N) is 1. The number of benzene rings is 1. The third-order valence-corrected chi connectivity index (χ3v) is 3.26. The minimum absolute atomic E-state index is 0.143. The molecule has 0 spiro atoms. The summed E-state index contributed by atoms with van der Waals surface area (Å²) in [5.41, 5.74) is 1.18. The zero-order valence-electron chi connectivity index (χ0n) is 11.2. The molecule has 4 heteroatoms. The molecule has 2 aromatic heterocycles. The molecule has 0 radical (unpaired) electrons. The fraction of sp³-hybridized carbons (Fsp3) is 0.267. The molecular weight excluding hydrogens is 238 g/mol. The van der Waals surface area contributed by atoms with E-state index in [4.69, 9.17) is 0 Å². The Morgan fingerprint density at radius 2 is 1.89 bits per heavy atom. The van der Waals surface area contributed by atoms with Gasteiger partial charge in [-0.3, -0.25) is 4.98 Å². The lowest BCUT2D eigenvalue weighted by atomic mass is 9.88. The Labute approximate surface area is 110 Å². The number of fused-ring (bicyclic) bond motifs is 3. The van der Waals surface area contributed by atoms with Crippen molar-refractivity contribution in [1.29, 1.82) is 0 Å². The molecule has 4 nitrogen and oxygen atoms in total. The van der Waals surface area contributed by atoms with Crippen LogP contribution in [0.3, 0.4) is 0 Å². The van der Waals surface area contributed by atoms with Gasteiger partial charge in [0.2, 0.25) is 0 Å². The molecule has 0 aliphatic carbocycles. The van der Waals surface area contributed by atoms with Gasteiger partial charge in [0.25, 0.3) is 0 Å². The number of pyridine rings is 1. The van der Waals surface area contributed by atoms with Crippen LogP contribution in [-0.2, 0) is 5.41 Å². The van der Waals surface area contributed by atoms with Gasteiger partial charge >= 0.3 is 5.69 Å². The van der Waals surface area contributed by atoms with Gasteiger partial charge < -0.3 is 4.98 Å². The topological polar surface area (TPSA) is 58.6 Å². The van der Waals surface area contributed by atoms with E-state index in [9.17, 15) is 4.79 Å². The van der Waals surface area contributed by atoms with Crippen LogP contribution >= 0.6 is 0 Å². The monoisotopic (exact) mass is 253 g/mol. The molecule has 0 amide bonds. The van der Waals surface area contributed by atoms with Gasteiger partial charge in [-0.2, -0.15) is 4.98 Å². The highest BCUT2D eigenvalue weighted by molar-refractivity contribution is 6.05. The van der Waals surface area contributed by atoms with Crippen molar-refractivity contribution in [2.75, 3.05) is 0 Å². The number of hydrogen-bond donors (Lipinski definition) is 1. The number of aromatic amines is 1. The molecule has 3 aromatic rings. The van der Waals surface area contributed by atoms with Crippen LogP contribution in [0.2, 0.25) is 0 Å². The highest BCUT2D eigenvalue weighted by atomic mass is 16.1. The predicted molar refractivity (Wildman–Crippen MR) is 76.4 cm³/mol. The third kappa shape index (κ3) is 1.89. The third-order valence-electron chi connectivity index (χ3n) is 3.26. The Morgan fingerprint density at radius 1 is 1.11 bits per heavy atom. The molecule has 0 bridgehead atoms. The van der Waals surface area contributed by atoms with Crippen molar-refractivity contribution >= 4 is 21.7 Å². The van der Waals surface area contributed by atoms with E-state index in [-0.39, 0.29) is 11.1 Å². The molecule has 0 fully saturated rings. The maximum absolute atomic E-state index is 11.8. The summed E-state index contributed by atoms with van der Waals surface area (Å²) in [6.07, 6.45) is 3.50. The maximum Gasteiger partial charge on any atom is 0.345 e. The molecule has 0 aliphatic heterocycles. The first-order valence-electron chi connectivity index (χ1n) is 6.24. The number of rotatable bonds is 0. The van der Waals surface area contributed by atoms with E-state index in [2.05, 4.69) is 35.7 Å². The van der Waals surface area contributed by atoms with Gasteiger partial charge in [0.1, 0.15) is 0 Å². The Hall–Kier alpha value is -2.23. The first-order valence-corrected chi connectivity index (χ1v) is 6.24. The van der Waals surface area contributed by atoms with Crippen LogP contribution in [0, 0.1) is 0 Å². The Bertz CT molecular complexity index is 828. The smallest absolute Gasteiger partial charge is 0.309 e. The van der Waals surface area contributed by atoms with E-state index in [1.54, 1.807) is 12.4 Å². The normalized spacial score (nSPS) is 12.2. The summed E-state index contributed by atoms with van der Waals surface area (Å²) in [7, 11) is 0. The molecule has 1 N–H and O–H groups in total. The van der Waals surface area contributed by atoms with Gasteiger partial charge in [-0.25, -0.2) is 4.79 Å². The molecule has 0 atom stereocenters. The predicted octanol–water partition coefficient (Wildman–Crippen LogP) is 2.77. The number of H-pyrrole nitrogens is 1. The quantitative estimate of drug-likeness (QED) is 0.627. The van der Waals surface area contributed by atoms with Gasteiger partial charge in [0, 0.05) is 34.3 Å². The van der Waals surface area contributed by atoms with Crippen molar-refractivity contribution in [3.05, 3.63) is 46.8 Å². The first kappa shape index (κ1) is 11.8. The summed E-state index contributed by atoms with van der Waals surface area (Å²) in [4.78, 5) is 22.9. The Morgan fingerprint density at radius 3 is 2.63 bits per heavy atom. The molecule has 3 rings (SSSR count). The van der Waals surface area contributed by atoms with Crippen molar-refractivity contribution in [3.63, 3.8) is 0 Å². The standard InChI is InChI=1S/C15H15N3O/c1-15(2,3)13-10-5-4-9-6-7-16-8-11(9)12(10)17-14(19)18-13/h4-8H,1-3H3,(H,17,18,19). The first-order chi connectivity index (χ1) is 8.97. The average Bonchev–Trinajstić information content (AvgIpc) is 2.36.